The minimum absolute atomic E-state index is 0.0168. The molecule has 1 N–H and O–H groups in total. The SMILES string of the molecule is CC(=O)NC[C@@H]1CCCc2cc(S(=O)c3ccccc3)cc(F)c21. The van der Waals surface area contributed by atoms with E-state index in [2.05, 4.69) is 5.32 Å². The summed E-state index contributed by atoms with van der Waals surface area (Å²) in [5.41, 5.74) is 1.58. The van der Waals surface area contributed by atoms with Gasteiger partial charge in [-0.25, -0.2) is 8.60 Å². The van der Waals surface area contributed by atoms with Crippen LogP contribution in [0, 0.1) is 5.82 Å². The van der Waals surface area contributed by atoms with Gasteiger partial charge in [-0.2, -0.15) is 0 Å². The van der Waals surface area contributed by atoms with Gasteiger partial charge in [0.15, 0.2) is 0 Å². The van der Waals surface area contributed by atoms with Gasteiger partial charge in [0, 0.05) is 29.2 Å². The summed E-state index contributed by atoms with van der Waals surface area (Å²) < 4.78 is 27.4. The van der Waals surface area contributed by atoms with Crippen LogP contribution in [-0.2, 0) is 22.0 Å². The number of rotatable bonds is 4. The predicted molar refractivity (Wildman–Crippen MR) is 91.9 cm³/mol. The first-order valence-electron chi connectivity index (χ1n) is 8.10. The quantitative estimate of drug-likeness (QED) is 0.921. The van der Waals surface area contributed by atoms with Crippen LogP contribution >= 0.6 is 0 Å². The van der Waals surface area contributed by atoms with E-state index in [4.69, 9.17) is 0 Å². The van der Waals surface area contributed by atoms with E-state index in [0.29, 0.717) is 21.9 Å². The minimum Gasteiger partial charge on any atom is -0.356 e. The molecule has 3 nitrogen and oxygen atoms in total. The number of carbonyl (C=O) groups excluding carboxylic acids is 1. The van der Waals surface area contributed by atoms with Crippen molar-refractivity contribution in [2.45, 2.75) is 41.9 Å². The molecule has 0 radical (unpaired) electrons. The number of hydrogen-bond acceptors (Lipinski definition) is 2. The number of hydrogen-bond donors (Lipinski definition) is 1. The first kappa shape index (κ1) is 16.8. The maximum atomic E-state index is 14.7. The standard InChI is InChI=1S/C19H20FNO2S/c1-13(22)21-12-15-7-5-6-14-10-17(11-18(20)19(14)15)24(23)16-8-3-2-4-9-16/h2-4,8-11,15H,5-7,12H2,1H3,(H,21,22)/t15-,24?/m0/s1. The average Bonchev–Trinajstić information content (AvgIpc) is 2.59. The minimum atomic E-state index is -1.39. The van der Waals surface area contributed by atoms with Gasteiger partial charge in [0.1, 0.15) is 5.82 Å². The second kappa shape index (κ2) is 7.26. The van der Waals surface area contributed by atoms with Crippen LogP contribution in [0.1, 0.15) is 36.8 Å². The molecule has 0 saturated heterocycles. The summed E-state index contributed by atoms with van der Waals surface area (Å²) in [6, 6.07) is 12.3. The van der Waals surface area contributed by atoms with E-state index in [-0.39, 0.29) is 17.6 Å². The molecule has 1 amide bonds. The van der Waals surface area contributed by atoms with Gasteiger partial charge in [0.25, 0.3) is 0 Å². The van der Waals surface area contributed by atoms with Crippen molar-refractivity contribution < 1.29 is 13.4 Å². The van der Waals surface area contributed by atoms with Crippen LogP contribution in [0.2, 0.25) is 0 Å². The highest BCUT2D eigenvalue weighted by Gasteiger charge is 2.25. The fourth-order valence-electron chi connectivity index (χ4n) is 3.25. The second-order valence-electron chi connectivity index (χ2n) is 6.09. The largest absolute Gasteiger partial charge is 0.356 e. The highest BCUT2D eigenvalue weighted by molar-refractivity contribution is 7.85. The van der Waals surface area contributed by atoms with E-state index >= 15 is 0 Å². The van der Waals surface area contributed by atoms with Crippen molar-refractivity contribution in [1.82, 2.24) is 5.32 Å². The molecule has 2 aromatic carbocycles. The van der Waals surface area contributed by atoms with Crippen molar-refractivity contribution in [1.29, 1.82) is 0 Å². The fraction of sp³-hybridized carbons (Fsp3) is 0.316. The Balaban J connectivity index is 1.92. The zero-order valence-electron chi connectivity index (χ0n) is 13.5. The van der Waals surface area contributed by atoms with Crippen LogP contribution in [0.25, 0.3) is 0 Å². The molecule has 0 aliphatic heterocycles. The van der Waals surface area contributed by atoms with Crippen LogP contribution in [-0.4, -0.2) is 16.7 Å². The summed E-state index contributed by atoms with van der Waals surface area (Å²) in [6.07, 6.45) is 2.58. The lowest BCUT2D eigenvalue weighted by molar-refractivity contribution is -0.119. The lowest BCUT2D eigenvalue weighted by atomic mass is 9.82. The Hall–Kier alpha value is -2.01. The third-order valence-corrected chi connectivity index (χ3v) is 5.73. The Labute approximate surface area is 143 Å². The molecule has 0 heterocycles. The summed E-state index contributed by atoms with van der Waals surface area (Å²) in [5.74, 6) is -0.442. The van der Waals surface area contributed by atoms with Gasteiger partial charge in [-0.3, -0.25) is 4.79 Å². The number of carbonyl (C=O) groups is 1. The van der Waals surface area contributed by atoms with Crippen molar-refractivity contribution >= 4 is 16.7 Å². The molecule has 1 aliphatic rings. The molecule has 0 aromatic heterocycles. The van der Waals surface area contributed by atoms with E-state index in [1.807, 2.05) is 24.3 Å². The van der Waals surface area contributed by atoms with Crippen molar-refractivity contribution in [2.24, 2.45) is 0 Å². The molecule has 24 heavy (non-hydrogen) atoms. The lowest BCUT2D eigenvalue weighted by Crippen LogP contribution is -2.28. The van der Waals surface area contributed by atoms with Gasteiger partial charge in [-0.15, -0.1) is 0 Å². The van der Waals surface area contributed by atoms with Gasteiger partial charge in [-0.1, -0.05) is 18.2 Å². The summed E-state index contributed by atoms with van der Waals surface area (Å²) in [6.45, 7) is 1.91. The van der Waals surface area contributed by atoms with Gasteiger partial charge >= 0.3 is 0 Å². The Kier molecular flexibility index (Phi) is 5.09. The summed E-state index contributed by atoms with van der Waals surface area (Å²) in [5, 5.41) is 2.78. The predicted octanol–water partition coefficient (Wildman–Crippen LogP) is 3.55. The molecule has 0 spiro atoms. The maximum Gasteiger partial charge on any atom is 0.216 e. The van der Waals surface area contributed by atoms with Crippen molar-refractivity contribution in [3.05, 3.63) is 59.4 Å². The first-order valence-corrected chi connectivity index (χ1v) is 9.25. The molecule has 1 aliphatic carbocycles. The molecular weight excluding hydrogens is 325 g/mol. The van der Waals surface area contributed by atoms with E-state index in [1.165, 1.54) is 13.0 Å². The Morgan fingerprint density at radius 1 is 1.25 bits per heavy atom. The molecule has 0 fully saturated rings. The smallest absolute Gasteiger partial charge is 0.216 e. The summed E-state index contributed by atoms with van der Waals surface area (Å²) >= 11 is 0. The van der Waals surface area contributed by atoms with Gasteiger partial charge in [0.05, 0.1) is 10.8 Å². The molecule has 2 aromatic rings. The number of aryl methyl sites for hydroxylation is 1. The van der Waals surface area contributed by atoms with E-state index in [0.717, 1.165) is 24.8 Å². The molecule has 3 rings (SSSR count). The molecular formula is C19H20FNO2S. The Morgan fingerprint density at radius 3 is 2.71 bits per heavy atom. The normalized spacial score (nSPS) is 17.8. The average molecular weight is 345 g/mol. The third-order valence-electron chi connectivity index (χ3n) is 4.36. The maximum absolute atomic E-state index is 14.7. The van der Waals surface area contributed by atoms with E-state index in [1.54, 1.807) is 12.1 Å². The lowest BCUT2D eigenvalue weighted by Gasteiger charge is -2.26. The van der Waals surface area contributed by atoms with E-state index in [9.17, 15) is 13.4 Å². The van der Waals surface area contributed by atoms with Crippen LogP contribution in [0.3, 0.4) is 0 Å². The summed E-state index contributed by atoms with van der Waals surface area (Å²) in [4.78, 5) is 12.3. The van der Waals surface area contributed by atoms with Crippen LogP contribution < -0.4 is 5.32 Å². The Bertz CT molecular complexity index is 776. The number of benzene rings is 2. The zero-order valence-corrected chi connectivity index (χ0v) is 14.4. The number of nitrogens with one attached hydrogen (secondary N) is 1. The van der Waals surface area contributed by atoms with Crippen LogP contribution in [0.5, 0.6) is 0 Å². The number of halogens is 1. The molecule has 0 saturated carbocycles. The van der Waals surface area contributed by atoms with Crippen molar-refractivity contribution in [3.63, 3.8) is 0 Å². The molecule has 126 valence electrons. The van der Waals surface area contributed by atoms with Gasteiger partial charge in [-0.05, 0) is 54.7 Å². The van der Waals surface area contributed by atoms with Crippen molar-refractivity contribution in [2.75, 3.05) is 6.54 Å². The first-order chi connectivity index (χ1) is 11.6. The fourth-order valence-corrected chi connectivity index (χ4v) is 4.39. The highest BCUT2D eigenvalue weighted by atomic mass is 32.2. The Morgan fingerprint density at radius 2 is 2.00 bits per heavy atom. The molecule has 2 atom stereocenters. The molecule has 1 unspecified atom stereocenters. The van der Waals surface area contributed by atoms with Crippen LogP contribution in [0.4, 0.5) is 4.39 Å². The summed E-state index contributed by atoms with van der Waals surface area (Å²) in [7, 11) is -1.39. The number of fused-ring (bicyclic) bond motifs is 1. The van der Waals surface area contributed by atoms with Gasteiger partial charge in [0.2, 0.25) is 5.91 Å². The topological polar surface area (TPSA) is 46.2 Å². The molecule has 0 bridgehead atoms. The third kappa shape index (κ3) is 3.56. The van der Waals surface area contributed by atoms with Gasteiger partial charge < -0.3 is 5.32 Å². The monoisotopic (exact) mass is 345 g/mol. The number of amides is 1. The molecule has 5 heteroatoms. The van der Waals surface area contributed by atoms with Crippen LogP contribution in [0.15, 0.2) is 52.3 Å². The van der Waals surface area contributed by atoms with Crippen molar-refractivity contribution in [3.8, 4) is 0 Å². The zero-order chi connectivity index (χ0) is 17.1. The van der Waals surface area contributed by atoms with E-state index < -0.39 is 10.8 Å². The second-order valence-corrected chi connectivity index (χ2v) is 7.57. The highest BCUT2D eigenvalue weighted by Crippen LogP contribution is 2.35.